The molecule has 0 aliphatic carbocycles. The second-order valence-corrected chi connectivity index (χ2v) is 4.85. The zero-order valence-electron chi connectivity index (χ0n) is 10.3. The summed E-state index contributed by atoms with van der Waals surface area (Å²) in [5, 5.41) is 10.6. The van der Waals surface area contributed by atoms with Crippen LogP contribution in [0.1, 0.15) is 36.2 Å². The van der Waals surface area contributed by atoms with Gasteiger partial charge in [-0.25, -0.2) is 0 Å². The van der Waals surface area contributed by atoms with Crippen LogP contribution in [0.4, 0.5) is 0 Å². The van der Waals surface area contributed by atoms with Gasteiger partial charge in [-0.15, -0.1) is 0 Å². The van der Waals surface area contributed by atoms with Crippen molar-refractivity contribution >= 4 is 5.78 Å². The van der Waals surface area contributed by atoms with Crippen molar-refractivity contribution in [1.29, 1.82) is 0 Å². The van der Waals surface area contributed by atoms with E-state index < -0.39 is 5.60 Å². The second kappa shape index (κ2) is 4.59. The summed E-state index contributed by atoms with van der Waals surface area (Å²) in [7, 11) is 0. The first kappa shape index (κ1) is 12.3. The van der Waals surface area contributed by atoms with Crippen molar-refractivity contribution < 1.29 is 14.6 Å². The van der Waals surface area contributed by atoms with Crippen LogP contribution < -0.4 is 0 Å². The van der Waals surface area contributed by atoms with Crippen molar-refractivity contribution in [3.8, 4) is 0 Å². The quantitative estimate of drug-likeness (QED) is 0.815. The normalized spacial score (nSPS) is 23.4. The zero-order chi connectivity index (χ0) is 12.5. The summed E-state index contributed by atoms with van der Waals surface area (Å²) in [5.41, 5.74) is 0.504. The molecule has 0 radical (unpaired) electrons. The zero-order valence-corrected chi connectivity index (χ0v) is 10.3. The maximum absolute atomic E-state index is 11.3. The number of benzene rings is 1. The Labute approximate surface area is 101 Å². The number of Topliss-reactive ketones (excluding diaryl/α,β-unsaturated/α-hetero) is 1. The fourth-order valence-electron chi connectivity index (χ4n) is 2.27. The molecule has 1 aromatic rings. The Morgan fingerprint density at radius 1 is 1.53 bits per heavy atom. The molecule has 1 aliphatic heterocycles. The molecular weight excluding hydrogens is 216 g/mol. The molecule has 3 heteroatoms. The second-order valence-electron chi connectivity index (χ2n) is 4.85. The van der Waals surface area contributed by atoms with Crippen LogP contribution in [0, 0.1) is 5.92 Å². The van der Waals surface area contributed by atoms with Gasteiger partial charge in [-0.1, -0.05) is 18.2 Å². The number of hydrogen-bond donors (Lipinski definition) is 1. The highest BCUT2D eigenvalue weighted by molar-refractivity contribution is 5.94. The highest BCUT2D eigenvalue weighted by Crippen LogP contribution is 2.34. The largest absolute Gasteiger partial charge is 0.385 e. The lowest BCUT2D eigenvalue weighted by Gasteiger charge is -2.29. The molecule has 1 N–H and O–H groups in total. The van der Waals surface area contributed by atoms with Crippen molar-refractivity contribution in [3.63, 3.8) is 0 Å². The van der Waals surface area contributed by atoms with Crippen molar-refractivity contribution in [2.45, 2.75) is 25.9 Å². The lowest BCUT2D eigenvalue weighted by molar-refractivity contribution is -0.00973. The van der Waals surface area contributed by atoms with Crippen molar-refractivity contribution in [2.75, 3.05) is 13.2 Å². The third kappa shape index (κ3) is 2.40. The average Bonchev–Trinajstić information content (AvgIpc) is 2.83. The lowest BCUT2D eigenvalue weighted by atomic mass is 9.82. The molecule has 2 unspecified atom stereocenters. The maximum atomic E-state index is 11.3. The van der Waals surface area contributed by atoms with E-state index in [0.717, 1.165) is 12.0 Å². The van der Waals surface area contributed by atoms with E-state index >= 15 is 0 Å². The van der Waals surface area contributed by atoms with Crippen LogP contribution in [0.2, 0.25) is 0 Å². The third-order valence-electron chi connectivity index (χ3n) is 3.58. The minimum Gasteiger partial charge on any atom is -0.385 e. The van der Waals surface area contributed by atoms with Gasteiger partial charge in [0.1, 0.15) is 0 Å². The van der Waals surface area contributed by atoms with Gasteiger partial charge in [-0.3, -0.25) is 4.79 Å². The van der Waals surface area contributed by atoms with E-state index in [1.165, 1.54) is 6.92 Å². The molecule has 0 bridgehead atoms. The smallest absolute Gasteiger partial charge is 0.159 e. The van der Waals surface area contributed by atoms with E-state index in [9.17, 15) is 9.90 Å². The van der Waals surface area contributed by atoms with E-state index in [-0.39, 0.29) is 11.7 Å². The monoisotopic (exact) mass is 234 g/mol. The first-order valence-electron chi connectivity index (χ1n) is 5.93. The Bertz CT molecular complexity index is 417. The van der Waals surface area contributed by atoms with E-state index in [0.29, 0.717) is 18.8 Å². The van der Waals surface area contributed by atoms with Crippen LogP contribution in [0.3, 0.4) is 0 Å². The van der Waals surface area contributed by atoms with Gasteiger partial charge >= 0.3 is 0 Å². The molecule has 3 nitrogen and oxygen atoms in total. The molecule has 92 valence electrons. The molecule has 2 rings (SSSR count). The summed E-state index contributed by atoms with van der Waals surface area (Å²) >= 11 is 0. The summed E-state index contributed by atoms with van der Waals surface area (Å²) < 4.78 is 5.32. The molecule has 1 aromatic carbocycles. The molecule has 1 aliphatic rings. The van der Waals surface area contributed by atoms with Gasteiger partial charge in [0.05, 0.1) is 12.2 Å². The van der Waals surface area contributed by atoms with E-state index in [1.54, 1.807) is 19.1 Å². The van der Waals surface area contributed by atoms with Crippen LogP contribution in [0.25, 0.3) is 0 Å². The van der Waals surface area contributed by atoms with Gasteiger partial charge in [-0.2, -0.15) is 0 Å². The predicted molar refractivity (Wildman–Crippen MR) is 64.9 cm³/mol. The molecule has 1 fully saturated rings. The molecule has 0 saturated carbocycles. The molecule has 0 amide bonds. The molecule has 0 spiro atoms. The molecule has 1 heterocycles. The van der Waals surface area contributed by atoms with Gasteiger partial charge in [0.25, 0.3) is 0 Å². The summed E-state index contributed by atoms with van der Waals surface area (Å²) in [6, 6.07) is 7.23. The fraction of sp³-hybridized carbons (Fsp3) is 0.500. The Morgan fingerprint density at radius 3 is 2.88 bits per heavy atom. The number of carbonyl (C=O) groups excluding carboxylic acids is 1. The molecule has 0 aromatic heterocycles. The highest BCUT2D eigenvalue weighted by Gasteiger charge is 2.36. The number of aliphatic hydroxyl groups is 1. The number of rotatable bonds is 3. The fourth-order valence-corrected chi connectivity index (χ4v) is 2.27. The Kier molecular flexibility index (Phi) is 3.31. The summed E-state index contributed by atoms with van der Waals surface area (Å²) in [6.45, 7) is 4.61. The summed E-state index contributed by atoms with van der Waals surface area (Å²) in [6.07, 6.45) is 0.858. The van der Waals surface area contributed by atoms with Gasteiger partial charge in [-0.05, 0) is 31.9 Å². The number of hydrogen-bond acceptors (Lipinski definition) is 3. The first-order chi connectivity index (χ1) is 8.01. The maximum Gasteiger partial charge on any atom is 0.159 e. The van der Waals surface area contributed by atoms with Crippen molar-refractivity contribution in [2.24, 2.45) is 5.92 Å². The molecule has 17 heavy (non-hydrogen) atoms. The standard InChI is InChI=1S/C14H18O3/c1-10(15)11-4-3-5-12(8-11)14(2,16)13-6-7-17-9-13/h3-5,8,13,16H,6-7,9H2,1-2H3. The van der Waals surface area contributed by atoms with Gasteiger partial charge in [0.15, 0.2) is 5.78 Å². The predicted octanol–water partition coefficient (Wildman–Crippen LogP) is 2.13. The Hall–Kier alpha value is -1.19. The Morgan fingerprint density at radius 2 is 2.29 bits per heavy atom. The van der Waals surface area contributed by atoms with Gasteiger partial charge in [0, 0.05) is 18.1 Å². The van der Waals surface area contributed by atoms with Crippen LogP contribution >= 0.6 is 0 Å². The first-order valence-corrected chi connectivity index (χ1v) is 5.93. The van der Waals surface area contributed by atoms with Crippen molar-refractivity contribution in [3.05, 3.63) is 35.4 Å². The third-order valence-corrected chi connectivity index (χ3v) is 3.58. The minimum absolute atomic E-state index is 0.0188. The molecule has 1 saturated heterocycles. The minimum atomic E-state index is -0.929. The van der Waals surface area contributed by atoms with E-state index in [2.05, 4.69) is 0 Å². The van der Waals surface area contributed by atoms with Crippen LogP contribution in [0.5, 0.6) is 0 Å². The van der Waals surface area contributed by atoms with Crippen LogP contribution in [-0.2, 0) is 10.3 Å². The lowest BCUT2D eigenvalue weighted by Crippen LogP contribution is -2.32. The summed E-state index contributed by atoms with van der Waals surface area (Å²) in [4.78, 5) is 11.3. The molecule has 2 atom stereocenters. The summed E-state index contributed by atoms with van der Waals surface area (Å²) in [5.74, 6) is 0.120. The number of ether oxygens (including phenoxy) is 1. The highest BCUT2D eigenvalue weighted by atomic mass is 16.5. The van der Waals surface area contributed by atoms with Crippen LogP contribution in [-0.4, -0.2) is 24.1 Å². The topological polar surface area (TPSA) is 46.5 Å². The number of ketones is 1. The SMILES string of the molecule is CC(=O)c1cccc(C(C)(O)C2CCOC2)c1. The average molecular weight is 234 g/mol. The number of carbonyl (C=O) groups is 1. The Balaban J connectivity index is 2.31. The van der Waals surface area contributed by atoms with Gasteiger partial charge < -0.3 is 9.84 Å². The van der Waals surface area contributed by atoms with Gasteiger partial charge in [0.2, 0.25) is 0 Å². The van der Waals surface area contributed by atoms with Crippen molar-refractivity contribution in [1.82, 2.24) is 0 Å². The van der Waals surface area contributed by atoms with E-state index in [4.69, 9.17) is 4.74 Å². The van der Waals surface area contributed by atoms with E-state index in [1.807, 2.05) is 12.1 Å². The van der Waals surface area contributed by atoms with Crippen LogP contribution in [0.15, 0.2) is 24.3 Å². The molecular formula is C14H18O3.